The van der Waals surface area contributed by atoms with Gasteiger partial charge in [-0.15, -0.1) is 11.3 Å². The molecule has 1 amide bonds. The van der Waals surface area contributed by atoms with E-state index in [-0.39, 0.29) is 12.5 Å². The highest BCUT2D eigenvalue weighted by Crippen LogP contribution is 2.23. The normalized spacial score (nSPS) is 13.8. The summed E-state index contributed by atoms with van der Waals surface area (Å²) in [6, 6.07) is 11.9. The molecule has 1 aliphatic heterocycles. The van der Waals surface area contributed by atoms with E-state index in [1.54, 1.807) is 24.6 Å². The average Bonchev–Trinajstić information content (AvgIpc) is 3.43. The molecule has 1 aliphatic rings. The van der Waals surface area contributed by atoms with Crippen LogP contribution in [0.15, 0.2) is 57.5 Å². The number of nitrogens with one attached hydrogen (secondary N) is 2. The first kappa shape index (κ1) is 19.2. The first-order valence-electron chi connectivity index (χ1n) is 9.50. The maximum Gasteiger partial charge on any atom is 0.242 e. The highest BCUT2D eigenvalue weighted by molar-refractivity contribution is 7.10. The lowest BCUT2D eigenvalue weighted by molar-refractivity contribution is -0.130. The third-order valence-corrected chi connectivity index (χ3v) is 5.82. The predicted molar refractivity (Wildman–Crippen MR) is 114 cm³/mol. The Morgan fingerprint density at radius 1 is 1.28 bits per heavy atom. The van der Waals surface area contributed by atoms with Crippen LogP contribution in [0.25, 0.3) is 11.5 Å². The van der Waals surface area contributed by atoms with Crippen LogP contribution in [0, 0.1) is 0 Å². The number of carbonyl (C=O) groups excluding carboxylic acids is 1. The van der Waals surface area contributed by atoms with Crippen molar-refractivity contribution in [1.82, 2.24) is 20.5 Å². The van der Waals surface area contributed by atoms with Crippen molar-refractivity contribution in [3.8, 4) is 11.5 Å². The molecule has 0 aliphatic carbocycles. The second-order valence-electron chi connectivity index (χ2n) is 6.72. The number of nitrogens with zero attached hydrogens (tertiary/aromatic N) is 3. The van der Waals surface area contributed by atoms with E-state index in [9.17, 15) is 4.79 Å². The van der Waals surface area contributed by atoms with Crippen molar-refractivity contribution in [3.05, 3.63) is 64.2 Å². The molecule has 0 atom stereocenters. The highest BCUT2D eigenvalue weighted by atomic mass is 32.1. The van der Waals surface area contributed by atoms with Gasteiger partial charge in [0, 0.05) is 30.6 Å². The van der Waals surface area contributed by atoms with Crippen molar-refractivity contribution >= 4 is 23.2 Å². The van der Waals surface area contributed by atoms with E-state index < -0.39 is 0 Å². The van der Waals surface area contributed by atoms with Gasteiger partial charge in [-0.05, 0) is 35.6 Å². The SMILES string of the molecule is CN=C(NCC(=O)N1CCc2sccc2C1)NCc1coc(-c2ccccc2)n1. The van der Waals surface area contributed by atoms with Gasteiger partial charge in [0.2, 0.25) is 11.8 Å². The van der Waals surface area contributed by atoms with E-state index in [1.165, 1.54) is 10.4 Å². The zero-order valence-corrected chi connectivity index (χ0v) is 17.0. The van der Waals surface area contributed by atoms with E-state index in [4.69, 9.17) is 4.42 Å². The summed E-state index contributed by atoms with van der Waals surface area (Å²) in [5, 5.41) is 8.35. The number of benzene rings is 1. The smallest absolute Gasteiger partial charge is 0.242 e. The second kappa shape index (κ2) is 8.91. The minimum atomic E-state index is 0.0672. The molecule has 0 saturated heterocycles. The molecule has 1 aromatic carbocycles. The van der Waals surface area contributed by atoms with Gasteiger partial charge in [0.25, 0.3) is 0 Å². The Hall–Kier alpha value is -3.13. The number of amides is 1. The van der Waals surface area contributed by atoms with E-state index in [2.05, 4.69) is 32.1 Å². The van der Waals surface area contributed by atoms with Crippen molar-refractivity contribution in [2.75, 3.05) is 20.1 Å². The number of hydrogen-bond donors (Lipinski definition) is 2. The van der Waals surface area contributed by atoms with Gasteiger partial charge in [-0.1, -0.05) is 18.2 Å². The molecule has 8 heteroatoms. The molecule has 0 radical (unpaired) electrons. The molecule has 0 unspecified atom stereocenters. The molecule has 150 valence electrons. The average molecular weight is 410 g/mol. The Morgan fingerprint density at radius 3 is 2.97 bits per heavy atom. The zero-order valence-electron chi connectivity index (χ0n) is 16.2. The van der Waals surface area contributed by atoms with Crippen molar-refractivity contribution in [1.29, 1.82) is 0 Å². The summed E-state index contributed by atoms with van der Waals surface area (Å²) in [7, 11) is 1.68. The molecule has 7 nitrogen and oxygen atoms in total. The Labute approximate surface area is 173 Å². The Bertz CT molecular complexity index is 995. The number of guanidine groups is 1. The molecule has 0 saturated carbocycles. The van der Waals surface area contributed by atoms with Gasteiger partial charge in [0.05, 0.1) is 18.8 Å². The molecular weight excluding hydrogens is 386 g/mol. The molecule has 0 spiro atoms. The van der Waals surface area contributed by atoms with Crippen LogP contribution in [0.4, 0.5) is 0 Å². The third kappa shape index (κ3) is 4.65. The monoisotopic (exact) mass is 409 g/mol. The lowest BCUT2D eigenvalue weighted by Crippen LogP contribution is -2.45. The van der Waals surface area contributed by atoms with E-state index in [0.717, 1.165) is 24.2 Å². The minimum absolute atomic E-state index is 0.0672. The number of rotatable bonds is 5. The topological polar surface area (TPSA) is 82.8 Å². The van der Waals surface area contributed by atoms with Crippen LogP contribution < -0.4 is 10.6 Å². The van der Waals surface area contributed by atoms with Crippen LogP contribution in [0.5, 0.6) is 0 Å². The van der Waals surface area contributed by atoms with Gasteiger partial charge in [0.1, 0.15) is 6.26 Å². The quantitative estimate of drug-likeness (QED) is 0.500. The van der Waals surface area contributed by atoms with Crippen molar-refractivity contribution in [2.24, 2.45) is 4.99 Å². The molecule has 0 bridgehead atoms. The lowest BCUT2D eigenvalue weighted by atomic mass is 10.1. The first-order chi connectivity index (χ1) is 14.2. The van der Waals surface area contributed by atoms with Crippen LogP contribution in [-0.4, -0.2) is 41.9 Å². The fraction of sp³-hybridized carbons (Fsp3) is 0.286. The van der Waals surface area contributed by atoms with E-state index in [1.807, 2.05) is 35.2 Å². The number of aliphatic imine (C=N–C) groups is 1. The largest absolute Gasteiger partial charge is 0.444 e. The molecule has 3 aromatic rings. The first-order valence-corrected chi connectivity index (χ1v) is 10.4. The van der Waals surface area contributed by atoms with E-state index >= 15 is 0 Å². The molecule has 2 aromatic heterocycles. The standard InChI is InChI=1S/C21H23N5O2S/c1-22-21(23-11-17-14-28-20(25-17)15-5-3-2-4-6-15)24-12-19(27)26-9-7-18-16(13-26)8-10-29-18/h2-6,8,10,14H,7,9,11-13H2,1H3,(H2,22,23,24). The summed E-state index contributed by atoms with van der Waals surface area (Å²) in [4.78, 5) is 24.5. The number of thiophene rings is 1. The molecule has 3 heterocycles. The lowest BCUT2D eigenvalue weighted by Gasteiger charge is -2.27. The molecule has 4 rings (SSSR count). The molecule has 2 N–H and O–H groups in total. The Balaban J connectivity index is 1.26. The minimum Gasteiger partial charge on any atom is -0.444 e. The summed E-state index contributed by atoms with van der Waals surface area (Å²) < 4.78 is 5.54. The summed E-state index contributed by atoms with van der Waals surface area (Å²) >= 11 is 1.77. The van der Waals surface area contributed by atoms with Gasteiger partial charge in [-0.25, -0.2) is 4.98 Å². The highest BCUT2D eigenvalue weighted by Gasteiger charge is 2.21. The number of carbonyl (C=O) groups is 1. The number of oxazole rings is 1. The Morgan fingerprint density at radius 2 is 2.14 bits per heavy atom. The van der Waals surface area contributed by atoms with Crippen molar-refractivity contribution in [2.45, 2.75) is 19.5 Å². The van der Waals surface area contributed by atoms with Gasteiger partial charge in [-0.2, -0.15) is 0 Å². The summed E-state index contributed by atoms with van der Waals surface area (Å²) in [6.07, 6.45) is 2.56. The predicted octanol–water partition coefficient (Wildman–Crippen LogP) is 2.65. The van der Waals surface area contributed by atoms with Crippen LogP contribution in [-0.2, 0) is 24.3 Å². The second-order valence-corrected chi connectivity index (χ2v) is 7.72. The van der Waals surface area contributed by atoms with Crippen LogP contribution in [0.2, 0.25) is 0 Å². The maximum absolute atomic E-state index is 12.5. The van der Waals surface area contributed by atoms with E-state index in [0.29, 0.717) is 24.9 Å². The van der Waals surface area contributed by atoms with Gasteiger partial charge in [-0.3, -0.25) is 9.79 Å². The summed E-state index contributed by atoms with van der Waals surface area (Å²) in [5.41, 5.74) is 2.96. The van der Waals surface area contributed by atoms with Crippen molar-refractivity contribution in [3.63, 3.8) is 0 Å². The zero-order chi connectivity index (χ0) is 20.1. The summed E-state index contributed by atoms with van der Waals surface area (Å²) in [6.45, 7) is 2.10. The molecular formula is C21H23N5O2S. The number of hydrogen-bond acceptors (Lipinski definition) is 5. The molecule has 29 heavy (non-hydrogen) atoms. The van der Waals surface area contributed by atoms with Crippen LogP contribution >= 0.6 is 11.3 Å². The van der Waals surface area contributed by atoms with Crippen LogP contribution in [0.1, 0.15) is 16.1 Å². The number of aromatic nitrogens is 1. The Kier molecular flexibility index (Phi) is 5.90. The number of fused-ring (bicyclic) bond motifs is 1. The fourth-order valence-corrected chi connectivity index (χ4v) is 4.12. The fourth-order valence-electron chi connectivity index (χ4n) is 3.23. The van der Waals surface area contributed by atoms with Gasteiger partial charge < -0.3 is 20.0 Å². The van der Waals surface area contributed by atoms with Gasteiger partial charge >= 0.3 is 0 Å². The summed E-state index contributed by atoms with van der Waals surface area (Å²) in [5.74, 6) is 1.20. The third-order valence-electron chi connectivity index (χ3n) is 4.80. The van der Waals surface area contributed by atoms with Gasteiger partial charge in [0.15, 0.2) is 5.96 Å². The van der Waals surface area contributed by atoms with Crippen LogP contribution in [0.3, 0.4) is 0 Å². The molecule has 0 fully saturated rings. The van der Waals surface area contributed by atoms with Crippen molar-refractivity contribution < 1.29 is 9.21 Å². The maximum atomic E-state index is 12.5.